The molecular weight excluding hydrogens is 212 g/mol. The molecule has 0 N–H and O–H groups in total. The molecule has 0 atom stereocenters. The van der Waals surface area contributed by atoms with Crippen LogP contribution in [0.2, 0.25) is 6.04 Å². The predicted molar refractivity (Wildman–Crippen MR) is 64.2 cm³/mol. The largest absolute Gasteiger partial charge is 0.449 e. The summed E-state index contributed by atoms with van der Waals surface area (Å²) in [7, 11) is 0.00252. The average molecular weight is 228 g/mol. The molecule has 0 radical (unpaired) electrons. The second kappa shape index (κ2) is 7.22. The van der Waals surface area contributed by atoms with Crippen molar-refractivity contribution < 1.29 is 8.23 Å². The van der Waals surface area contributed by atoms with Gasteiger partial charge in [-0.15, -0.1) is 0 Å². The van der Waals surface area contributed by atoms with E-state index in [1.54, 1.807) is 0 Å². The van der Waals surface area contributed by atoms with Crippen LogP contribution in [0.4, 0.5) is 0 Å². The minimum Gasteiger partial charge on any atom is -0.449 e. The fourth-order valence-electron chi connectivity index (χ4n) is 1.17. The maximum absolute atomic E-state index is 5.49. The first-order chi connectivity index (χ1) is 6.43. The highest BCUT2D eigenvalue weighted by Gasteiger charge is 1.92. The summed E-state index contributed by atoms with van der Waals surface area (Å²) in [6, 6.07) is 11.8. The number of hydrogen-bond donors (Lipinski definition) is 0. The first kappa shape index (κ1) is 10.9. The summed E-state index contributed by atoms with van der Waals surface area (Å²) < 4.78 is 10.6. The van der Waals surface area contributed by atoms with Crippen LogP contribution >= 0.6 is 0 Å². The molecule has 2 nitrogen and oxygen atoms in total. The molecule has 0 fully saturated rings. The van der Waals surface area contributed by atoms with Gasteiger partial charge in [0.25, 0.3) is 10.0 Å². The fourth-order valence-corrected chi connectivity index (χ4v) is 5.17. The summed E-state index contributed by atoms with van der Waals surface area (Å²) in [6.45, 7) is 0. The van der Waals surface area contributed by atoms with Crippen molar-refractivity contribution in [3.8, 4) is 0 Å². The van der Waals surface area contributed by atoms with Crippen LogP contribution in [0.15, 0.2) is 30.3 Å². The molecule has 72 valence electrons. The molecule has 0 amide bonds. The zero-order chi connectivity index (χ0) is 9.36. The molecule has 0 aliphatic heterocycles. The molecule has 5 heteroatoms. The van der Waals surface area contributed by atoms with Crippen LogP contribution in [0.1, 0.15) is 5.56 Å². The number of rotatable bonds is 6. The lowest BCUT2D eigenvalue weighted by molar-refractivity contribution is 0.501. The van der Waals surface area contributed by atoms with Crippen molar-refractivity contribution in [2.75, 3.05) is 0 Å². The highest BCUT2D eigenvalue weighted by molar-refractivity contribution is 6.41. The van der Waals surface area contributed by atoms with Gasteiger partial charge in [-0.05, 0) is 18.0 Å². The van der Waals surface area contributed by atoms with Crippen molar-refractivity contribution in [3.63, 3.8) is 0 Å². The Balaban J connectivity index is 2.07. The SMILES string of the molecule is [SiH3]O[SiH2]O[SiH2]CCc1ccccc1. The van der Waals surface area contributed by atoms with E-state index in [0.717, 1.165) is 10.5 Å². The van der Waals surface area contributed by atoms with E-state index in [1.165, 1.54) is 18.0 Å². The lowest BCUT2D eigenvalue weighted by Crippen LogP contribution is -2.06. The van der Waals surface area contributed by atoms with Crippen LogP contribution in [-0.4, -0.2) is 30.3 Å². The number of aryl methyl sites for hydroxylation is 1. The van der Waals surface area contributed by atoms with Crippen LogP contribution < -0.4 is 0 Å². The Kier molecular flexibility index (Phi) is 6.04. The van der Waals surface area contributed by atoms with Gasteiger partial charge >= 0.3 is 0 Å². The molecule has 0 unspecified atom stereocenters. The van der Waals surface area contributed by atoms with Crippen LogP contribution in [0.5, 0.6) is 0 Å². The standard InChI is InChI=1S/C8H16O2Si3/c11-9-13-10-12-7-6-8-4-2-1-3-5-8/h1-5H,6-7,12-13H2,11H3. The zero-order valence-electron chi connectivity index (χ0n) is 8.03. The smallest absolute Gasteiger partial charge is 0.282 e. The first-order valence-corrected chi connectivity index (χ1v) is 8.09. The van der Waals surface area contributed by atoms with E-state index in [2.05, 4.69) is 30.3 Å². The zero-order valence-corrected chi connectivity index (χ0v) is 12.9. The van der Waals surface area contributed by atoms with Gasteiger partial charge in [-0.3, -0.25) is 0 Å². The maximum atomic E-state index is 5.49. The van der Waals surface area contributed by atoms with Crippen LogP contribution in [0.3, 0.4) is 0 Å². The van der Waals surface area contributed by atoms with E-state index < -0.39 is 10.0 Å². The van der Waals surface area contributed by atoms with Crippen molar-refractivity contribution in [2.24, 2.45) is 0 Å². The highest BCUT2D eigenvalue weighted by Crippen LogP contribution is 2.01. The van der Waals surface area contributed by atoms with Crippen LogP contribution in [-0.2, 0) is 14.7 Å². The van der Waals surface area contributed by atoms with Crippen molar-refractivity contribution in [2.45, 2.75) is 12.5 Å². The second-order valence-corrected chi connectivity index (χ2v) is 8.20. The Hall–Kier alpha value is -0.209. The molecule has 1 aromatic rings. The molecule has 0 heterocycles. The van der Waals surface area contributed by atoms with Gasteiger partial charge < -0.3 is 8.23 Å². The summed E-state index contributed by atoms with van der Waals surface area (Å²) in [6.07, 6.45) is 1.17. The molecule has 1 aromatic carbocycles. The predicted octanol–water partition coefficient (Wildman–Crippen LogP) is -0.956. The van der Waals surface area contributed by atoms with Gasteiger partial charge in [0, 0.05) is 0 Å². The quantitative estimate of drug-likeness (QED) is 0.461. The van der Waals surface area contributed by atoms with Crippen LogP contribution in [0.25, 0.3) is 0 Å². The molecule has 13 heavy (non-hydrogen) atoms. The second-order valence-electron chi connectivity index (χ2n) is 2.90. The topological polar surface area (TPSA) is 18.5 Å². The number of hydrogen-bond acceptors (Lipinski definition) is 2. The van der Waals surface area contributed by atoms with E-state index in [9.17, 15) is 0 Å². The van der Waals surface area contributed by atoms with Gasteiger partial charge in [-0.2, -0.15) is 0 Å². The van der Waals surface area contributed by atoms with E-state index in [-0.39, 0.29) is 9.76 Å². The molecule has 0 aromatic heterocycles. The molecule has 0 aliphatic rings. The Morgan fingerprint density at radius 3 is 2.69 bits per heavy atom. The minimum absolute atomic E-state index is 0.285. The Labute approximate surface area is 87.2 Å². The highest BCUT2D eigenvalue weighted by atomic mass is 28.3. The minimum atomic E-state index is -0.555. The van der Waals surface area contributed by atoms with Crippen LogP contribution in [0, 0.1) is 0 Å². The van der Waals surface area contributed by atoms with E-state index in [1.807, 2.05) is 0 Å². The van der Waals surface area contributed by atoms with Gasteiger partial charge in [-0.25, -0.2) is 0 Å². The molecule has 0 bridgehead atoms. The molecule has 1 rings (SSSR count). The Bertz CT molecular complexity index is 218. The van der Waals surface area contributed by atoms with Gasteiger partial charge in [0.2, 0.25) is 0 Å². The first-order valence-electron chi connectivity index (χ1n) is 4.54. The third kappa shape index (κ3) is 5.17. The summed E-state index contributed by atoms with van der Waals surface area (Å²) in [4.78, 5) is 0. The van der Waals surface area contributed by atoms with Crippen molar-refractivity contribution in [3.05, 3.63) is 35.9 Å². The molecule has 0 spiro atoms. The maximum Gasteiger partial charge on any atom is 0.282 e. The summed E-state index contributed by atoms with van der Waals surface area (Å²) in [5, 5.41) is 0. The lowest BCUT2D eigenvalue weighted by atomic mass is 10.2. The molecule has 0 aliphatic carbocycles. The van der Waals surface area contributed by atoms with Crippen molar-refractivity contribution in [1.29, 1.82) is 0 Å². The van der Waals surface area contributed by atoms with Crippen molar-refractivity contribution >= 4 is 30.3 Å². The summed E-state index contributed by atoms with van der Waals surface area (Å²) in [5.41, 5.74) is 1.42. The van der Waals surface area contributed by atoms with E-state index in [0.29, 0.717) is 0 Å². The van der Waals surface area contributed by atoms with Crippen molar-refractivity contribution in [1.82, 2.24) is 0 Å². The average Bonchev–Trinajstić information content (AvgIpc) is 2.19. The van der Waals surface area contributed by atoms with E-state index >= 15 is 0 Å². The van der Waals surface area contributed by atoms with Gasteiger partial charge in [0.15, 0.2) is 0 Å². The normalized spacial score (nSPS) is 12.3. The Morgan fingerprint density at radius 2 is 2.00 bits per heavy atom. The lowest BCUT2D eigenvalue weighted by Gasteiger charge is -2.02. The number of benzene rings is 1. The van der Waals surface area contributed by atoms with E-state index in [4.69, 9.17) is 8.23 Å². The monoisotopic (exact) mass is 228 g/mol. The fraction of sp³-hybridized carbons (Fsp3) is 0.250. The summed E-state index contributed by atoms with van der Waals surface area (Å²) in [5.74, 6) is 0. The summed E-state index contributed by atoms with van der Waals surface area (Å²) >= 11 is 0. The van der Waals surface area contributed by atoms with Gasteiger partial charge in [0.1, 0.15) is 20.2 Å². The molecular formula is C8H16O2Si3. The molecule has 0 saturated heterocycles. The third-order valence-corrected chi connectivity index (χ3v) is 5.20. The Morgan fingerprint density at radius 1 is 1.23 bits per heavy atom. The molecule has 0 saturated carbocycles. The van der Waals surface area contributed by atoms with Gasteiger partial charge in [-0.1, -0.05) is 30.3 Å². The third-order valence-electron chi connectivity index (χ3n) is 1.80. The van der Waals surface area contributed by atoms with Gasteiger partial charge in [0.05, 0.1) is 0 Å².